The van der Waals surface area contributed by atoms with Gasteiger partial charge in [0.2, 0.25) is 11.8 Å². The number of aromatic amines is 1. The van der Waals surface area contributed by atoms with Crippen molar-refractivity contribution in [2.75, 3.05) is 5.32 Å². The standard InChI is InChI=1S/C13H15N5O2S/c14-11(19)4-8-5-21-13(17-8)18-12(20)7-1-2-9-10(3-7)16-6-15-9/h5-7H,1-4H2,(H2,14,19)(H,15,16)(H,17,18,20). The number of nitrogens with two attached hydrogens (primary N) is 1. The molecule has 21 heavy (non-hydrogen) atoms. The van der Waals surface area contributed by atoms with Gasteiger partial charge in [-0.3, -0.25) is 9.59 Å². The normalized spacial score (nSPS) is 17.2. The van der Waals surface area contributed by atoms with Gasteiger partial charge in [0.25, 0.3) is 0 Å². The minimum atomic E-state index is -0.433. The Kier molecular flexibility index (Phi) is 3.70. The van der Waals surface area contributed by atoms with Crippen molar-refractivity contribution >= 4 is 28.3 Å². The van der Waals surface area contributed by atoms with Crippen molar-refractivity contribution in [3.8, 4) is 0 Å². The molecule has 1 aliphatic rings. The number of H-pyrrole nitrogens is 1. The number of amides is 2. The van der Waals surface area contributed by atoms with Gasteiger partial charge in [-0.2, -0.15) is 0 Å². The van der Waals surface area contributed by atoms with E-state index in [-0.39, 0.29) is 18.2 Å². The van der Waals surface area contributed by atoms with Crippen LogP contribution in [0.4, 0.5) is 5.13 Å². The van der Waals surface area contributed by atoms with Gasteiger partial charge in [0.1, 0.15) is 0 Å². The number of nitrogens with one attached hydrogen (secondary N) is 2. The molecule has 0 aromatic carbocycles. The number of aryl methyl sites for hydroxylation is 1. The number of aromatic nitrogens is 3. The van der Waals surface area contributed by atoms with Gasteiger partial charge in [0.15, 0.2) is 5.13 Å². The van der Waals surface area contributed by atoms with Crippen molar-refractivity contribution in [2.45, 2.75) is 25.7 Å². The van der Waals surface area contributed by atoms with Crippen LogP contribution in [0.2, 0.25) is 0 Å². The summed E-state index contributed by atoms with van der Waals surface area (Å²) in [6.07, 6.45) is 4.01. The summed E-state index contributed by atoms with van der Waals surface area (Å²) in [6, 6.07) is 0. The van der Waals surface area contributed by atoms with Gasteiger partial charge in [-0.1, -0.05) is 0 Å². The lowest BCUT2D eigenvalue weighted by atomic mass is 9.89. The topological polar surface area (TPSA) is 114 Å². The van der Waals surface area contributed by atoms with Crippen LogP contribution >= 0.6 is 11.3 Å². The zero-order valence-corrected chi connectivity index (χ0v) is 12.1. The van der Waals surface area contributed by atoms with E-state index in [0.29, 0.717) is 17.2 Å². The summed E-state index contributed by atoms with van der Waals surface area (Å²) in [5.41, 5.74) is 7.79. The number of anilines is 1. The maximum Gasteiger partial charge on any atom is 0.229 e. The zero-order valence-electron chi connectivity index (χ0n) is 11.3. The van der Waals surface area contributed by atoms with Crippen LogP contribution in [-0.2, 0) is 28.9 Å². The van der Waals surface area contributed by atoms with Crippen LogP contribution in [0.25, 0.3) is 0 Å². The number of carbonyl (C=O) groups excluding carboxylic acids is 2. The van der Waals surface area contributed by atoms with Crippen LogP contribution in [0.15, 0.2) is 11.7 Å². The number of primary amides is 1. The summed E-state index contributed by atoms with van der Waals surface area (Å²) in [6.45, 7) is 0. The van der Waals surface area contributed by atoms with E-state index in [2.05, 4.69) is 20.3 Å². The van der Waals surface area contributed by atoms with Crippen molar-refractivity contribution < 1.29 is 9.59 Å². The summed E-state index contributed by atoms with van der Waals surface area (Å²) in [4.78, 5) is 34.6. The quantitative estimate of drug-likeness (QED) is 0.769. The molecule has 1 atom stereocenters. The second-order valence-electron chi connectivity index (χ2n) is 5.04. The largest absolute Gasteiger partial charge is 0.369 e. The Hall–Kier alpha value is -2.22. The van der Waals surface area contributed by atoms with Crippen LogP contribution < -0.4 is 11.1 Å². The lowest BCUT2D eigenvalue weighted by Gasteiger charge is -2.19. The Morgan fingerprint density at radius 1 is 1.52 bits per heavy atom. The summed E-state index contributed by atoms with van der Waals surface area (Å²) in [5, 5.41) is 5.05. The molecule has 2 heterocycles. The number of rotatable bonds is 4. The lowest BCUT2D eigenvalue weighted by Crippen LogP contribution is -2.28. The maximum absolute atomic E-state index is 12.3. The minimum Gasteiger partial charge on any atom is -0.369 e. The van der Waals surface area contributed by atoms with Crippen LogP contribution in [0.5, 0.6) is 0 Å². The summed E-state index contributed by atoms with van der Waals surface area (Å²) in [7, 11) is 0. The van der Waals surface area contributed by atoms with E-state index in [1.165, 1.54) is 11.3 Å². The molecule has 7 nitrogen and oxygen atoms in total. The molecule has 1 unspecified atom stereocenters. The van der Waals surface area contributed by atoms with Crippen molar-refractivity contribution in [1.82, 2.24) is 15.0 Å². The van der Waals surface area contributed by atoms with Crippen LogP contribution in [0.1, 0.15) is 23.5 Å². The highest BCUT2D eigenvalue weighted by Gasteiger charge is 2.26. The molecule has 3 rings (SSSR count). The highest BCUT2D eigenvalue weighted by atomic mass is 32.1. The highest BCUT2D eigenvalue weighted by Crippen LogP contribution is 2.25. The van der Waals surface area contributed by atoms with E-state index in [1.807, 2.05) is 0 Å². The fourth-order valence-electron chi connectivity index (χ4n) is 2.46. The van der Waals surface area contributed by atoms with Crippen LogP contribution in [0.3, 0.4) is 0 Å². The number of imidazole rings is 1. The van der Waals surface area contributed by atoms with Gasteiger partial charge in [0, 0.05) is 23.4 Å². The van der Waals surface area contributed by atoms with Crippen LogP contribution in [-0.4, -0.2) is 26.8 Å². The number of hydrogen-bond donors (Lipinski definition) is 3. The molecule has 0 bridgehead atoms. The van der Waals surface area contributed by atoms with Crippen molar-refractivity contribution in [3.05, 3.63) is 28.8 Å². The van der Waals surface area contributed by atoms with Gasteiger partial charge in [-0.25, -0.2) is 9.97 Å². The van der Waals surface area contributed by atoms with Crippen LogP contribution in [0, 0.1) is 5.92 Å². The summed E-state index contributed by atoms with van der Waals surface area (Å²) in [5.74, 6) is -0.561. The van der Waals surface area contributed by atoms with E-state index < -0.39 is 5.91 Å². The molecular weight excluding hydrogens is 290 g/mol. The number of thiazole rings is 1. The fraction of sp³-hybridized carbons (Fsp3) is 0.385. The molecule has 4 N–H and O–H groups in total. The molecule has 0 aliphatic heterocycles. The van der Waals surface area contributed by atoms with Gasteiger partial charge in [0.05, 0.1) is 24.1 Å². The second-order valence-corrected chi connectivity index (χ2v) is 5.90. The molecule has 2 aromatic heterocycles. The van der Waals surface area contributed by atoms with Gasteiger partial charge >= 0.3 is 0 Å². The van der Waals surface area contributed by atoms with Crippen molar-refractivity contribution in [1.29, 1.82) is 0 Å². The Morgan fingerprint density at radius 2 is 2.38 bits per heavy atom. The third kappa shape index (κ3) is 3.10. The minimum absolute atomic E-state index is 0.0461. The zero-order chi connectivity index (χ0) is 14.8. The van der Waals surface area contributed by atoms with Crippen molar-refractivity contribution in [3.63, 3.8) is 0 Å². The molecule has 1 aliphatic carbocycles. The highest BCUT2D eigenvalue weighted by molar-refractivity contribution is 7.13. The fourth-order valence-corrected chi connectivity index (χ4v) is 3.17. The van der Waals surface area contributed by atoms with E-state index in [1.54, 1.807) is 11.7 Å². The van der Waals surface area contributed by atoms with E-state index >= 15 is 0 Å². The Balaban J connectivity index is 1.62. The molecule has 0 saturated heterocycles. The lowest BCUT2D eigenvalue weighted by molar-refractivity contribution is -0.120. The molecule has 0 saturated carbocycles. The van der Waals surface area contributed by atoms with Crippen molar-refractivity contribution in [2.24, 2.45) is 11.7 Å². The average molecular weight is 305 g/mol. The molecule has 0 spiro atoms. The average Bonchev–Trinajstić information content (AvgIpc) is 3.06. The third-order valence-corrected chi connectivity index (χ3v) is 4.30. The van der Waals surface area contributed by atoms with E-state index in [9.17, 15) is 9.59 Å². The number of carbonyl (C=O) groups is 2. The molecule has 8 heteroatoms. The number of nitrogens with zero attached hydrogens (tertiary/aromatic N) is 2. The smallest absolute Gasteiger partial charge is 0.229 e. The predicted molar refractivity (Wildman–Crippen MR) is 77.7 cm³/mol. The monoisotopic (exact) mass is 305 g/mol. The molecule has 2 aromatic rings. The molecule has 2 amide bonds. The second kappa shape index (κ2) is 5.65. The van der Waals surface area contributed by atoms with Gasteiger partial charge < -0.3 is 16.0 Å². The molecule has 0 radical (unpaired) electrons. The Bertz CT molecular complexity index is 678. The number of hydrogen-bond acceptors (Lipinski definition) is 5. The van der Waals surface area contributed by atoms with E-state index in [0.717, 1.165) is 24.2 Å². The number of fused-ring (bicyclic) bond motifs is 1. The predicted octanol–water partition coefficient (Wildman–Crippen LogP) is 0.638. The third-order valence-electron chi connectivity index (χ3n) is 3.50. The molecular formula is C13H15N5O2S. The first-order valence-corrected chi connectivity index (χ1v) is 7.54. The SMILES string of the molecule is NC(=O)Cc1csc(NC(=O)C2CCc3nc[nH]c3C2)n1. The molecule has 110 valence electrons. The summed E-state index contributed by atoms with van der Waals surface area (Å²) < 4.78 is 0. The van der Waals surface area contributed by atoms with Gasteiger partial charge in [-0.05, 0) is 12.8 Å². The first kappa shape index (κ1) is 13.7. The molecule has 0 fully saturated rings. The first-order valence-electron chi connectivity index (χ1n) is 6.66. The maximum atomic E-state index is 12.3. The van der Waals surface area contributed by atoms with Gasteiger partial charge in [-0.15, -0.1) is 11.3 Å². The summed E-state index contributed by atoms with van der Waals surface area (Å²) >= 11 is 1.30. The first-order chi connectivity index (χ1) is 10.1. The van der Waals surface area contributed by atoms with E-state index in [4.69, 9.17) is 5.73 Å². The Morgan fingerprint density at radius 3 is 3.19 bits per heavy atom. The Labute approximate surface area is 125 Å².